The summed E-state index contributed by atoms with van der Waals surface area (Å²) in [5, 5.41) is 9.26. The summed E-state index contributed by atoms with van der Waals surface area (Å²) in [6, 6.07) is 9.52. The van der Waals surface area contributed by atoms with Gasteiger partial charge in [-0.1, -0.05) is 37.7 Å². The van der Waals surface area contributed by atoms with Gasteiger partial charge in [0.15, 0.2) is 10.7 Å². The van der Waals surface area contributed by atoms with Crippen molar-refractivity contribution in [2.45, 2.75) is 19.8 Å². The number of nitrogens with zero attached hydrogens (tertiary/aromatic N) is 2. The third kappa shape index (κ3) is 3.15. The molecule has 0 saturated carbocycles. The number of hydrogen-bond acceptors (Lipinski definition) is 5. The Hall–Kier alpha value is -1.80. The fraction of sp³-hybridized carbons (Fsp3) is 0.357. The molecule has 0 bridgehead atoms. The van der Waals surface area contributed by atoms with Crippen LogP contribution in [0.4, 0.5) is 0 Å². The molecule has 0 aliphatic carbocycles. The first kappa shape index (κ1) is 13.6. The predicted octanol–water partition coefficient (Wildman–Crippen LogP) is 3.35. The van der Waals surface area contributed by atoms with E-state index in [1.54, 1.807) is 0 Å². The van der Waals surface area contributed by atoms with Crippen LogP contribution in [0.5, 0.6) is 0 Å². The lowest BCUT2D eigenvalue weighted by Gasteiger charge is -2.05. The zero-order chi connectivity index (χ0) is 13.8. The zero-order valence-electron chi connectivity index (χ0n) is 10.8. The highest BCUT2D eigenvalue weighted by molar-refractivity contribution is 8.13. The first-order valence-electron chi connectivity index (χ1n) is 6.03. The van der Waals surface area contributed by atoms with Crippen LogP contribution in [0, 0.1) is 17.2 Å². The average Bonchev–Trinajstić information content (AvgIpc) is 2.82. The first-order valence-corrected chi connectivity index (χ1v) is 7.02. The molecular weight excluding hydrogens is 260 g/mol. The second-order valence-corrected chi connectivity index (χ2v) is 5.51. The van der Waals surface area contributed by atoms with E-state index in [0.717, 1.165) is 17.3 Å². The molecule has 0 N–H and O–H groups in total. The molecule has 1 atom stereocenters. The summed E-state index contributed by atoms with van der Waals surface area (Å²) in [7, 11) is 0. The Bertz CT molecular complexity index is 595. The molecule has 0 saturated heterocycles. The van der Waals surface area contributed by atoms with Gasteiger partial charge < -0.3 is 4.42 Å². The number of carbonyl (C=O) groups excluding carboxylic acids is 1. The van der Waals surface area contributed by atoms with Gasteiger partial charge in [-0.3, -0.25) is 4.79 Å². The average molecular weight is 274 g/mol. The maximum Gasteiger partial charge on any atom is 0.213 e. The van der Waals surface area contributed by atoms with Crippen LogP contribution in [0.1, 0.15) is 25.7 Å². The third-order valence-corrected chi connectivity index (χ3v) is 3.88. The van der Waals surface area contributed by atoms with Crippen LogP contribution in [-0.2, 0) is 4.79 Å². The van der Waals surface area contributed by atoms with Gasteiger partial charge in [-0.2, -0.15) is 5.26 Å². The summed E-state index contributed by atoms with van der Waals surface area (Å²) < 4.78 is 5.56. The van der Waals surface area contributed by atoms with Crippen molar-refractivity contribution in [1.82, 2.24) is 4.98 Å². The summed E-state index contributed by atoms with van der Waals surface area (Å²) in [5.41, 5.74) is 1.40. The summed E-state index contributed by atoms with van der Waals surface area (Å²) in [6.45, 7) is 3.69. The number of carbonyl (C=O) groups is 1. The Morgan fingerprint density at radius 1 is 1.47 bits per heavy atom. The molecule has 19 heavy (non-hydrogen) atoms. The highest BCUT2D eigenvalue weighted by Crippen LogP contribution is 2.25. The van der Waals surface area contributed by atoms with E-state index < -0.39 is 5.92 Å². The second kappa shape index (κ2) is 5.89. The first-order chi connectivity index (χ1) is 9.11. The molecule has 1 aromatic heterocycles. The SMILES string of the molecule is CC(C)C(=O)SCC(C#N)c1nc2ccccc2o1. The van der Waals surface area contributed by atoms with Crippen molar-refractivity contribution in [2.24, 2.45) is 5.92 Å². The normalized spacial score (nSPS) is 12.5. The van der Waals surface area contributed by atoms with E-state index in [0.29, 0.717) is 17.2 Å². The molecule has 1 unspecified atom stereocenters. The molecule has 2 aromatic rings. The summed E-state index contributed by atoms with van der Waals surface area (Å²) in [6.07, 6.45) is 0. The lowest BCUT2D eigenvalue weighted by molar-refractivity contribution is -0.113. The van der Waals surface area contributed by atoms with Gasteiger partial charge in [0.1, 0.15) is 11.4 Å². The van der Waals surface area contributed by atoms with E-state index >= 15 is 0 Å². The lowest BCUT2D eigenvalue weighted by atomic mass is 10.2. The molecule has 0 amide bonds. The second-order valence-electron chi connectivity index (χ2n) is 4.49. The van der Waals surface area contributed by atoms with Crippen molar-refractivity contribution in [3.05, 3.63) is 30.2 Å². The van der Waals surface area contributed by atoms with Crippen molar-refractivity contribution in [2.75, 3.05) is 5.75 Å². The van der Waals surface area contributed by atoms with Gasteiger partial charge in [0, 0.05) is 11.7 Å². The maximum atomic E-state index is 11.6. The Morgan fingerprint density at radius 3 is 2.84 bits per heavy atom. The quantitative estimate of drug-likeness (QED) is 0.855. The molecule has 1 heterocycles. The predicted molar refractivity (Wildman–Crippen MR) is 74.7 cm³/mol. The van der Waals surface area contributed by atoms with Crippen molar-refractivity contribution in [3.63, 3.8) is 0 Å². The van der Waals surface area contributed by atoms with Crippen molar-refractivity contribution in [3.8, 4) is 6.07 Å². The van der Waals surface area contributed by atoms with Gasteiger partial charge in [-0.05, 0) is 12.1 Å². The summed E-state index contributed by atoms with van der Waals surface area (Å²) >= 11 is 1.16. The van der Waals surface area contributed by atoms with Crippen molar-refractivity contribution >= 4 is 28.0 Å². The van der Waals surface area contributed by atoms with E-state index in [-0.39, 0.29) is 11.0 Å². The molecule has 0 radical (unpaired) electrons. The molecule has 5 heteroatoms. The molecule has 0 aliphatic rings. The van der Waals surface area contributed by atoms with E-state index in [9.17, 15) is 10.1 Å². The highest BCUT2D eigenvalue weighted by Gasteiger charge is 2.20. The van der Waals surface area contributed by atoms with Crippen LogP contribution in [-0.4, -0.2) is 15.9 Å². The number of rotatable bonds is 4. The standard InChI is InChI=1S/C14H14N2O2S/c1-9(2)14(17)19-8-10(7-15)13-16-11-5-3-4-6-12(11)18-13/h3-6,9-10H,8H2,1-2H3. The number of fused-ring (bicyclic) bond motifs is 1. The summed E-state index contributed by atoms with van der Waals surface area (Å²) in [5.74, 6) is 0.223. The monoisotopic (exact) mass is 274 g/mol. The van der Waals surface area contributed by atoms with E-state index in [1.807, 2.05) is 38.1 Å². The Balaban J connectivity index is 2.13. The van der Waals surface area contributed by atoms with Gasteiger partial charge in [0.25, 0.3) is 0 Å². The van der Waals surface area contributed by atoms with Crippen LogP contribution in [0.2, 0.25) is 0 Å². The van der Waals surface area contributed by atoms with Crippen LogP contribution in [0.15, 0.2) is 28.7 Å². The molecular formula is C14H14N2O2S. The maximum absolute atomic E-state index is 11.6. The zero-order valence-corrected chi connectivity index (χ0v) is 11.6. The minimum Gasteiger partial charge on any atom is -0.439 e. The van der Waals surface area contributed by atoms with Crippen molar-refractivity contribution in [1.29, 1.82) is 5.26 Å². The fourth-order valence-electron chi connectivity index (χ4n) is 1.53. The molecule has 2 rings (SSSR count). The molecule has 4 nitrogen and oxygen atoms in total. The van der Waals surface area contributed by atoms with Gasteiger partial charge in [0.05, 0.1) is 6.07 Å². The Labute approximate surface area is 115 Å². The minimum absolute atomic E-state index is 0.0343. The number of aromatic nitrogens is 1. The van der Waals surface area contributed by atoms with Gasteiger partial charge in [-0.25, -0.2) is 4.98 Å². The smallest absolute Gasteiger partial charge is 0.213 e. The Morgan fingerprint density at radius 2 is 2.21 bits per heavy atom. The minimum atomic E-state index is -0.500. The molecule has 0 spiro atoms. The van der Waals surface area contributed by atoms with Gasteiger partial charge >= 0.3 is 0 Å². The highest BCUT2D eigenvalue weighted by atomic mass is 32.2. The molecule has 98 valence electrons. The summed E-state index contributed by atoms with van der Waals surface area (Å²) in [4.78, 5) is 15.9. The van der Waals surface area contributed by atoms with E-state index in [4.69, 9.17) is 4.42 Å². The van der Waals surface area contributed by atoms with Crippen LogP contribution in [0.25, 0.3) is 11.1 Å². The molecule has 0 fully saturated rings. The van der Waals surface area contributed by atoms with Gasteiger partial charge in [0.2, 0.25) is 5.89 Å². The lowest BCUT2D eigenvalue weighted by Crippen LogP contribution is -2.07. The largest absolute Gasteiger partial charge is 0.439 e. The van der Waals surface area contributed by atoms with Crippen molar-refractivity contribution < 1.29 is 9.21 Å². The Kier molecular flexibility index (Phi) is 4.23. The van der Waals surface area contributed by atoms with Crippen LogP contribution in [0.3, 0.4) is 0 Å². The number of thioether (sulfide) groups is 1. The number of oxazole rings is 1. The number of nitriles is 1. The molecule has 1 aromatic carbocycles. The van der Waals surface area contributed by atoms with Crippen LogP contribution < -0.4 is 0 Å². The topological polar surface area (TPSA) is 66.9 Å². The fourth-order valence-corrected chi connectivity index (χ4v) is 2.42. The number of hydrogen-bond donors (Lipinski definition) is 0. The van der Waals surface area contributed by atoms with E-state index in [2.05, 4.69) is 11.1 Å². The third-order valence-electron chi connectivity index (χ3n) is 2.63. The number of benzene rings is 1. The molecule has 0 aliphatic heterocycles. The van der Waals surface area contributed by atoms with Crippen LogP contribution >= 0.6 is 11.8 Å². The number of para-hydroxylation sites is 2. The van der Waals surface area contributed by atoms with E-state index in [1.165, 1.54) is 0 Å². The van der Waals surface area contributed by atoms with Gasteiger partial charge in [-0.15, -0.1) is 0 Å².